The molecule has 0 aliphatic carbocycles. The Bertz CT molecular complexity index is 789. The summed E-state index contributed by atoms with van der Waals surface area (Å²) in [6.07, 6.45) is 0. The molecule has 144 valence electrons. The maximum absolute atomic E-state index is 11.1. The SMILES string of the molecule is CN=C(NCc1ccc(C(N)=O)cc1)NCC(C)(C)Sc1ccc(Br)cc1. The molecule has 5 nitrogen and oxygen atoms in total. The number of carbonyl (C=O) groups is 1. The third-order valence-corrected chi connectivity index (χ3v) is 5.54. The third kappa shape index (κ3) is 7.27. The van der Waals surface area contributed by atoms with Gasteiger partial charge in [0.1, 0.15) is 0 Å². The predicted molar refractivity (Wildman–Crippen MR) is 117 cm³/mol. The van der Waals surface area contributed by atoms with E-state index in [0.29, 0.717) is 12.1 Å². The molecule has 4 N–H and O–H groups in total. The lowest BCUT2D eigenvalue weighted by Crippen LogP contribution is -2.43. The Balaban J connectivity index is 1.85. The Labute approximate surface area is 173 Å². The second-order valence-electron chi connectivity index (χ2n) is 6.66. The summed E-state index contributed by atoms with van der Waals surface area (Å²) in [4.78, 5) is 16.6. The number of hydrogen-bond acceptors (Lipinski definition) is 3. The van der Waals surface area contributed by atoms with Gasteiger partial charge in [0.25, 0.3) is 0 Å². The minimum atomic E-state index is -0.419. The van der Waals surface area contributed by atoms with E-state index < -0.39 is 5.91 Å². The van der Waals surface area contributed by atoms with Gasteiger partial charge in [-0.3, -0.25) is 9.79 Å². The van der Waals surface area contributed by atoms with Crippen molar-refractivity contribution in [2.45, 2.75) is 30.0 Å². The molecule has 0 aliphatic heterocycles. The molecule has 1 amide bonds. The van der Waals surface area contributed by atoms with E-state index in [1.807, 2.05) is 23.9 Å². The van der Waals surface area contributed by atoms with Crippen molar-refractivity contribution >= 4 is 39.6 Å². The van der Waals surface area contributed by atoms with Crippen molar-refractivity contribution < 1.29 is 4.79 Å². The lowest BCUT2D eigenvalue weighted by molar-refractivity contribution is 0.100. The summed E-state index contributed by atoms with van der Waals surface area (Å²) < 4.78 is 1.07. The van der Waals surface area contributed by atoms with Crippen LogP contribution in [-0.4, -0.2) is 30.2 Å². The van der Waals surface area contributed by atoms with Crippen molar-refractivity contribution in [3.63, 3.8) is 0 Å². The van der Waals surface area contributed by atoms with Gasteiger partial charge in [-0.25, -0.2) is 0 Å². The summed E-state index contributed by atoms with van der Waals surface area (Å²) >= 11 is 5.28. The average molecular weight is 449 g/mol. The minimum absolute atomic E-state index is 0.00537. The van der Waals surface area contributed by atoms with Crippen LogP contribution in [-0.2, 0) is 6.54 Å². The number of hydrogen-bond donors (Lipinski definition) is 3. The number of nitrogens with zero attached hydrogens (tertiary/aromatic N) is 1. The lowest BCUT2D eigenvalue weighted by atomic mass is 10.1. The first kappa shape index (κ1) is 21.3. The fourth-order valence-electron chi connectivity index (χ4n) is 2.35. The number of rotatable bonds is 7. The summed E-state index contributed by atoms with van der Waals surface area (Å²) in [5.41, 5.74) is 6.82. The van der Waals surface area contributed by atoms with Crippen LogP contribution in [0.3, 0.4) is 0 Å². The fourth-order valence-corrected chi connectivity index (χ4v) is 3.67. The zero-order valence-electron chi connectivity index (χ0n) is 15.8. The highest BCUT2D eigenvalue weighted by atomic mass is 79.9. The molecule has 0 saturated heterocycles. The van der Waals surface area contributed by atoms with Crippen molar-refractivity contribution in [3.8, 4) is 0 Å². The van der Waals surface area contributed by atoms with Gasteiger partial charge in [0.15, 0.2) is 5.96 Å². The second-order valence-corrected chi connectivity index (χ2v) is 9.35. The van der Waals surface area contributed by atoms with E-state index in [2.05, 4.69) is 69.7 Å². The molecule has 0 saturated carbocycles. The molecule has 0 radical (unpaired) electrons. The van der Waals surface area contributed by atoms with Crippen LogP contribution >= 0.6 is 27.7 Å². The minimum Gasteiger partial charge on any atom is -0.366 e. The number of benzene rings is 2. The van der Waals surface area contributed by atoms with Gasteiger partial charge in [-0.1, -0.05) is 28.1 Å². The summed E-state index contributed by atoms with van der Waals surface area (Å²) in [7, 11) is 1.75. The summed E-state index contributed by atoms with van der Waals surface area (Å²) in [5, 5.41) is 6.66. The van der Waals surface area contributed by atoms with Gasteiger partial charge in [-0.2, -0.15) is 0 Å². The quantitative estimate of drug-likeness (QED) is 0.342. The molecule has 0 spiro atoms. The van der Waals surface area contributed by atoms with Gasteiger partial charge < -0.3 is 16.4 Å². The highest BCUT2D eigenvalue weighted by molar-refractivity contribution is 9.10. The summed E-state index contributed by atoms with van der Waals surface area (Å²) in [6.45, 7) is 5.76. The first-order valence-corrected chi connectivity index (χ1v) is 10.2. The highest BCUT2D eigenvalue weighted by Crippen LogP contribution is 2.32. The van der Waals surface area contributed by atoms with Crippen molar-refractivity contribution in [3.05, 3.63) is 64.1 Å². The molecule has 0 heterocycles. The summed E-state index contributed by atoms with van der Waals surface area (Å²) in [6, 6.07) is 15.5. The molecular weight excluding hydrogens is 424 g/mol. The molecule has 2 rings (SSSR count). The van der Waals surface area contributed by atoms with Crippen LogP contribution in [0.1, 0.15) is 29.8 Å². The number of primary amides is 1. The number of halogens is 1. The molecule has 0 aromatic heterocycles. The van der Waals surface area contributed by atoms with Crippen LogP contribution in [0.25, 0.3) is 0 Å². The molecule has 0 atom stereocenters. The number of aliphatic imine (C=N–C) groups is 1. The lowest BCUT2D eigenvalue weighted by Gasteiger charge is -2.25. The third-order valence-electron chi connectivity index (χ3n) is 3.81. The molecule has 2 aromatic rings. The van der Waals surface area contributed by atoms with Crippen LogP contribution in [0.15, 0.2) is 62.9 Å². The monoisotopic (exact) mass is 448 g/mol. The van der Waals surface area contributed by atoms with Gasteiger partial charge in [0, 0.05) is 39.8 Å². The number of amides is 1. The van der Waals surface area contributed by atoms with Crippen LogP contribution in [0.4, 0.5) is 0 Å². The van der Waals surface area contributed by atoms with Crippen molar-refractivity contribution in [2.24, 2.45) is 10.7 Å². The zero-order valence-corrected chi connectivity index (χ0v) is 18.2. The van der Waals surface area contributed by atoms with Gasteiger partial charge in [0.05, 0.1) is 0 Å². The Kier molecular flexibility index (Phi) is 7.74. The van der Waals surface area contributed by atoms with Gasteiger partial charge in [-0.05, 0) is 55.8 Å². The van der Waals surface area contributed by atoms with E-state index in [1.54, 1.807) is 19.2 Å². The van der Waals surface area contributed by atoms with E-state index >= 15 is 0 Å². The molecule has 0 fully saturated rings. The Morgan fingerprint density at radius 1 is 1.11 bits per heavy atom. The van der Waals surface area contributed by atoms with Gasteiger partial charge >= 0.3 is 0 Å². The second kappa shape index (κ2) is 9.80. The standard InChI is InChI=1S/C20H25BrN4OS/c1-20(2,27-17-10-8-16(21)9-11-17)13-25-19(23-3)24-12-14-4-6-15(7-5-14)18(22)26/h4-11H,12-13H2,1-3H3,(H2,22,26)(H2,23,24,25). The molecule has 7 heteroatoms. The van der Waals surface area contributed by atoms with Gasteiger partial charge in [0.2, 0.25) is 5.91 Å². The van der Waals surface area contributed by atoms with Crippen molar-refractivity contribution in [1.82, 2.24) is 10.6 Å². The number of nitrogens with two attached hydrogens (primary N) is 1. The number of guanidine groups is 1. The van der Waals surface area contributed by atoms with E-state index in [4.69, 9.17) is 5.73 Å². The number of carbonyl (C=O) groups excluding carboxylic acids is 1. The molecular formula is C20H25BrN4OS. The van der Waals surface area contributed by atoms with Crippen molar-refractivity contribution in [2.75, 3.05) is 13.6 Å². The Morgan fingerprint density at radius 2 is 1.74 bits per heavy atom. The van der Waals surface area contributed by atoms with Crippen LogP contribution < -0.4 is 16.4 Å². The largest absolute Gasteiger partial charge is 0.366 e. The van der Waals surface area contributed by atoms with Gasteiger partial charge in [-0.15, -0.1) is 11.8 Å². The van der Waals surface area contributed by atoms with Crippen LogP contribution in [0.2, 0.25) is 0 Å². The molecule has 0 unspecified atom stereocenters. The van der Waals surface area contributed by atoms with Crippen molar-refractivity contribution in [1.29, 1.82) is 0 Å². The smallest absolute Gasteiger partial charge is 0.248 e. The Hall–Kier alpha value is -1.99. The first-order valence-electron chi connectivity index (χ1n) is 8.57. The average Bonchev–Trinajstić information content (AvgIpc) is 2.64. The Morgan fingerprint density at radius 3 is 2.30 bits per heavy atom. The van der Waals surface area contributed by atoms with E-state index in [0.717, 1.165) is 22.5 Å². The maximum atomic E-state index is 11.1. The number of thioether (sulfide) groups is 1. The summed E-state index contributed by atoms with van der Waals surface area (Å²) in [5.74, 6) is 0.316. The fraction of sp³-hybridized carbons (Fsp3) is 0.300. The predicted octanol–water partition coefficient (Wildman–Crippen LogP) is 3.78. The normalized spacial score (nSPS) is 11.9. The number of nitrogens with one attached hydrogen (secondary N) is 2. The topological polar surface area (TPSA) is 79.5 Å². The van der Waals surface area contributed by atoms with E-state index in [-0.39, 0.29) is 4.75 Å². The zero-order chi connectivity index (χ0) is 19.9. The highest BCUT2D eigenvalue weighted by Gasteiger charge is 2.20. The van der Waals surface area contributed by atoms with E-state index in [9.17, 15) is 4.79 Å². The molecule has 0 bridgehead atoms. The van der Waals surface area contributed by atoms with Crippen LogP contribution in [0.5, 0.6) is 0 Å². The first-order chi connectivity index (χ1) is 12.8. The maximum Gasteiger partial charge on any atom is 0.248 e. The van der Waals surface area contributed by atoms with E-state index in [1.165, 1.54) is 4.90 Å². The molecule has 2 aromatic carbocycles. The molecule has 27 heavy (non-hydrogen) atoms. The molecule has 0 aliphatic rings. The van der Waals surface area contributed by atoms with Crippen LogP contribution in [0, 0.1) is 0 Å².